The summed E-state index contributed by atoms with van der Waals surface area (Å²) in [5.74, 6) is -2.10. The molecular formula is C18H16NO5-. The first-order valence-electron chi connectivity index (χ1n) is 7.16. The van der Waals surface area contributed by atoms with E-state index >= 15 is 0 Å². The number of carboxylic acid groups (broad SMARTS) is 1. The van der Waals surface area contributed by atoms with Crippen LogP contribution >= 0.6 is 0 Å². The minimum Gasteiger partial charge on any atom is -0.543 e. The Bertz CT molecular complexity index is 828. The summed E-state index contributed by atoms with van der Waals surface area (Å²) in [4.78, 5) is 37.3. The molecule has 6 nitrogen and oxygen atoms in total. The molecule has 0 aliphatic rings. The van der Waals surface area contributed by atoms with Crippen LogP contribution in [0.3, 0.4) is 0 Å². The fraction of sp³-hybridized carbons (Fsp3) is 0.167. The third-order valence-corrected chi connectivity index (χ3v) is 3.65. The molecule has 2 aromatic rings. The molecule has 0 saturated heterocycles. The topological polar surface area (TPSA) is 99.3 Å². The Morgan fingerprint density at radius 3 is 2.25 bits per heavy atom. The zero-order valence-corrected chi connectivity index (χ0v) is 13.5. The van der Waals surface area contributed by atoms with E-state index in [4.69, 9.17) is 0 Å². The van der Waals surface area contributed by atoms with Crippen molar-refractivity contribution in [3.8, 4) is 0 Å². The van der Waals surface area contributed by atoms with Crippen LogP contribution in [0.4, 0.5) is 0 Å². The van der Waals surface area contributed by atoms with Crippen molar-refractivity contribution in [3.05, 3.63) is 64.0 Å². The number of rotatable bonds is 5. The smallest absolute Gasteiger partial charge is 0.337 e. The Kier molecular flexibility index (Phi) is 4.99. The highest BCUT2D eigenvalue weighted by atomic mass is 16.5. The lowest BCUT2D eigenvalue weighted by molar-refractivity contribution is -0.255. The number of aromatic carboxylic acids is 1. The number of ether oxygens (including phenoxy) is 1. The molecule has 1 aromatic heterocycles. The van der Waals surface area contributed by atoms with E-state index in [2.05, 4.69) is 9.72 Å². The molecule has 2 rings (SSSR count). The minimum absolute atomic E-state index is 0.0910. The molecule has 1 aromatic carbocycles. The van der Waals surface area contributed by atoms with Gasteiger partial charge in [-0.05, 0) is 43.2 Å². The van der Waals surface area contributed by atoms with E-state index in [-0.39, 0.29) is 11.5 Å². The number of aryl methyl sites for hydroxylation is 1. The van der Waals surface area contributed by atoms with Gasteiger partial charge in [0.1, 0.15) is 0 Å². The Hall–Kier alpha value is -3.15. The van der Waals surface area contributed by atoms with Gasteiger partial charge < -0.3 is 19.6 Å². The summed E-state index contributed by atoms with van der Waals surface area (Å²) >= 11 is 0. The third kappa shape index (κ3) is 3.43. The number of aromatic nitrogens is 1. The maximum atomic E-state index is 12.3. The molecule has 124 valence electrons. The molecule has 0 atom stereocenters. The Morgan fingerprint density at radius 1 is 1.12 bits per heavy atom. The highest BCUT2D eigenvalue weighted by Crippen LogP contribution is 2.19. The van der Waals surface area contributed by atoms with E-state index in [0.29, 0.717) is 22.4 Å². The number of allylic oxidation sites excluding steroid dienone is 1. The number of ketones is 1. The van der Waals surface area contributed by atoms with Gasteiger partial charge in [-0.2, -0.15) is 0 Å². The van der Waals surface area contributed by atoms with Crippen molar-refractivity contribution >= 4 is 23.8 Å². The lowest BCUT2D eigenvalue weighted by atomic mass is 10.0. The van der Waals surface area contributed by atoms with Crippen LogP contribution in [0.15, 0.2) is 30.3 Å². The predicted octanol–water partition coefficient (Wildman–Crippen LogP) is 1.68. The fourth-order valence-electron chi connectivity index (χ4n) is 2.43. The van der Waals surface area contributed by atoms with Crippen molar-refractivity contribution in [2.75, 3.05) is 7.11 Å². The van der Waals surface area contributed by atoms with Crippen LogP contribution in [0.2, 0.25) is 0 Å². The summed E-state index contributed by atoms with van der Waals surface area (Å²) in [5, 5.41) is 11.0. The first-order chi connectivity index (χ1) is 11.3. The number of benzene rings is 1. The number of esters is 1. The summed E-state index contributed by atoms with van der Waals surface area (Å²) in [7, 11) is 1.30. The number of H-pyrrole nitrogens is 1. The van der Waals surface area contributed by atoms with Crippen molar-refractivity contribution in [2.24, 2.45) is 0 Å². The van der Waals surface area contributed by atoms with Crippen molar-refractivity contribution in [2.45, 2.75) is 13.8 Å². The summed E-state index contributed by atoms with van der Waals surface area (Å²) in [6.07, 6.45) is 2.95. The van der Waals surface area contributed by atoms with Crippen molar-refractivity contribution in [1.29, 1.82) is 0 Å². The summed E-state index contributed by atoms with van der Waals surface area (Å²) in [6.45, 7) is 3.19. The summed E-state index contributed by atoms with van der Waals surface area (Å²) in [5.41, 5.74) is 2.19. The molecule has 0 aliphatic heterocycles. The van der Waals surface area contributed by atoms with Crippen LogP contribution in [0, 0.1) is 13.8 Å². The van der Waals surface area contributed by atoms with E-state index in [9.17, 15) is 19.5 Å². The molecule has 0 spiro atoms. The van der Waals surface area contributed by atoms with Crippen LogP contribution in [-0.4, -0.2) is 29.8 Å². The van der Waals surface area contributed by atoms with Crippen molar-refractivity contribution in [1.82, 2.24) is 4.98 Å². The van der Waals surface area contributed by atoms with E-state index in [1.807, 2.05) is 0 Å². The minimum atomic E-state index is -1.35. The maximum Gasteiger partial charge on any atom is 0.337 e. The van der Waals surface area contributed by atoms with E-state index in [1.54, 1.807) is 44.2 Å². The average Bonchev–Trinajstić information content (AvgIpc) is 2.87. The highest BCUT2D eigenvalue weighted by molar-refractivity contribution is 6.10. The van der Waals surface area contributed by atoms with E-state index < -0.39 is 11.9 Å². The molecular weight excluding hydrogens is 310 g/mol. The quantitative estimate of drug-likeness (QED) is 0.512. The summed E-state index contributed by atoms with van der Waals surface area (Å²) < 4.78 is 4.61. The lowest BCUT2D eigenvalue weighted by Gasteiger charge is -2.01. The van der Waals surface area contributed by atoms with E-state index in [1.165, 1.54) is 13.2 Å². The third-order valence-electron chi connectivity index (χ3n) is 3.65. The number of methoxy groups -OCH3 is 1. The van der Waals surface area contributed by atoms with E-state index in [0.717, 1.165) is 5.56 Å². The second-order valence-corrected chi connectivity index (χ2v) is 5.22. The molecule has 1 heterocycles. The van der Waals surface area contributed by atoms with Crippen LogP contribution in [-0.2, 0) is 4.74 Å². The van der Waals surface area contributed by atoms with Gasteiger partial charge >= 0.3 is 5.97 Å². The second-order valence-electron chi connectivity index (χ2n) is 5.22. The normalized spacial score (nSPS) is 10.8. The molecule has 0 bridgehead atoms. The first kappa shape index (κ1) is 17.2. The molecule has 24 heavy (non-hydrogen) atoms. The number of hydrogen-bond acceptors (Lipinski definition) is 5. The fourth-order valence-corrected chi connectivity index (χ4v) is 2.43. The number of nitrogens with one attached hydrogen (secondary N) is 1. The van der Waals surface area contributed by atoms with Gasteiger partial charge in [0.25, 0.3) is 0 Å². The van der Waals surface area contributed by atoms with Gasteiger partial charge in [-0.25, -0.2) is 4.79 Å². The van der Waals surface area contributed by atoms with Gasteiger partial charge in [-0.3, -0.25) is 4.79 Å². The molecule has 1 N–H and O–H groups in total. The Balaban J connectivity index is 2.22. The van der Waals surface area contributed by atoms with Gasteiger partial charge in [0.15, 0.2) is 5.78 Å². The molecule has 6 heteroatoms. The zero-order valence-electron chi connectivity index (χ0n) is 13.5. The standard InChI is InChI=1S/C18H17NO5/c1-10-15(11(2)19-16(10)17(21)22)14(20)9-6-12-4-7-13(8-5-12)18(23)24-3/h4-9,19H,1-3H3,(H,21,22)/p-1/b9-6+. The monoisotopic (exact) mass is 326 g/mol. The number of hydrogen-bond donors (Lipinski definition) is 1. The summed E-state index contributed by atoms with van der Waals surface area (Å²) in [6, 6.07) is 6.55. The highest BCUT2D eigenvalue weighted by Gasteiger charge is 2.16. The van der Waals surface area contributed by atoms with Crippen molar-refractivity contribution < 1.29 is 24.2 Å². The van der Waals surface area contributed by atoms with Gasteiger partial charge in [0.05, 0.1) is 24.3 Å². The molecule has 0 saturated carbocycles. The van der Waals surface area contributed by atoms with Crippen molar-refractivity contribution in [3.63, 3.8) is 0 Å². The van der Waals surface area contributed by atoms with Crippen LogP contribution in [0.25, 0.3) is 6.08 Å². The largest absolute Gasteiger partial charge is 0.543 e. The molecule has 0 unspecified atom stereocenters. The van der Waals surface area contributed by atoms with Gasteiger partial charge in [-0.15, -0.1) is 0 Å². The van der Waals surface area contributed by atoms with Crippen LogP contribution in [0.1, 0.15) is 48.0 Å². The first-order valence-corrected chi connectivity index (χ1v) is 7.16. The average molecular weight is 326 g/mol. The van der Waals surface area contributed by atoms with Gasteiger partial charge in [0.2, 0.25) is 0 Å². The lowest BCUT2D eigenvalue weighted by Crippen LogP contribution is -2.23. The van der Waals surface area contributed by atoms with Crippen LogP contribution < -0.4 is 5.11 Å². The maximum absolute atomic E-state index is 12.3. The Morgan fingerprint density at radius 2 is 1.75 bits per heavy atom. The van der Waals surface area contributed by atoms with Gasteiger partial charge in [0, 0.05) is 11.3 Å². The molecule has 0 aliphatic carbocycles. The van der Waals surface area contributed by atoms with Gasteiger partial charge in [-0.1, -0.05) is 18.2 Å². The second kappa shape index (κ2) is 6.95. The molecule has 0 fully saturated rings. The number of aromatic amines is 1. The van der Waals surface area contributed by atoms with Crippen LogP contribution in [0.5, 0.6) is 0 Å². The number of carbonyl (C=O) groups excluding carboxylic acids is 3. The zero-order chi connectivity index (χ0) is 17.9. The molecule has 0 amide bonds. The molecule has 0 radical (unpaired) electrons. The predicted molar refractivity (Wildman–Crippen MR) is 85.7 cm³/mol. The SMILES string of the molecule is COC(=O)c1ccc(/C=C/C(=O)c2c(C)[nH]c(C(=O)[O-])c2C)cc1. The number of carboxylic acids is 1. The number of carbonyl (C=O) groups is 3. The Labute approximate surface area is 138 Å².